The summed E-state index contributed by atoms with van der Waals surface area (Å²) in [5.41, 5.74) is -1.14. The molecule has 1 aliphatic heterocycles. The monoisotopic (exact) mass is 706 g/mol. The van der Waals surface area contributed by atoms with E-state index in [1.165, 1.54) is 0 Å². The zero-order valence-corrected chi connectivity index (χ0v) is 30.6. The third-order valence-corrected chi connectivity index (χ3v) is 15.9. The number of carbonyl (C=O) groups excluding carboxylic acids is 2. The van der Waals surface area contributed by atoms with E-state index in [1.807, 2.05) is 42.5 Å². The zero-order valence-electron chi connectivity index (χ0n) is 29.8. The van der Waals surface area contributed by atoms with Crippen LogP contribution in [-0.2, 0) is 4.74 Å². The van der Waals surface area contributed by atoms with E-state index < -0.39 is 22.5 Å². The van der Waals surface area contributed by atoms with Gasteiger partial charge in [-0.15, -0.1) is 11.3 Å². The van der Waals surface area contributed by atoms with Crippen molar-refractivity contribution in [2.45, 2.75) is 89.4 Å². The number of thiophene rings is 1. The van der Waals surface area contributed by atoms with E-state index >= 15 is 4.79 Å². The number of Topliss-reactive ketones (excluding diaryl/α,β-unsaturated/α-hetero) is 1. The number of benzene rings is 2. The largest absolute Gasteiger partial charge is 0.393 e. The summed E-state index contributed by atoms with van der Waals surface area (Å²) in [4.78, 5) is 31.6. The molecule has 268 valence electrons. The number of aliphatic hydroxyl groups is 2. The van der Waals surface area contributed by atoms with Gasteiger partial charge in [0.25, 0.3) is 0 Å². The van der Waals surface area contributed by atoms with Gasteiger partial charge in [-0.3, -0.25) is 4.79 Å². The van der Waals surface area contributed by atoms with E-state index in [9.17, 15) is 15.0 Å². The van der Waals surface area contributed by atoms with Gasteiger partial charge in [0.05, 0.1) is 29.2 Å². The van der Waals surface area contributed by atoms with Crippen LogP contribution in [-0.4, -0.2) is 64.4 Å². The van der Waals surface area contributed by atoms with Gasteiger partial charge in [-0.05, 0) is 105 Å². The molecule has 8 heteroatoms. The Morgan fingerprint density at radius 2 is 1.69 bits per heavy atom. The molecule has 2 spiro atoms. The van der Waals surface area contributed by atoms with Crippen LogP contribution in [0.25, 0.3) is 10.1 Å². The molecular formula is C43H50N2O5S. The average molecular weight is 707 g/mol. The Balaban J connectivity index is 1.11. The number of urea groups is 1. The number of fused-ring (bicyclic) bond motifs is 2. The summed E-state index contributed by atoms with van der Waals surface area (Å²) in [5, 5.41) is 28.3. The minimum Gasteiger partial charge on any atom is -0.393 e. The minimum absolute atomic E-state index is 0.0123. The molecule has 1 unspecified atom stereocenters. The standard InChI is InChI=1S/C43H50N2O5S/c1-39-17-14-30(46)24-41(39)20-21-43(32(25-41)37(47)34-23-28-9-6-7-13-33(28)51-34)35(39)15-18-40(2)36(43)16-19-42(40,49)27-45(26-31-12-8-22-50-31)38(48)44-29-10-4-3-5-11-29/h3-7,9-11,13,20-21,23,25,30-31,35-36,46,49H,8,12,14-19,22,24,26-27H2,1-2H3,(H,44,48)/t30?,31-,35-,36-,39-,40+,41+,42-,43-/m1/s1. The van der Waals surface area contributed by atoms with Crippen LogP contribution in [0, 0.1) is 33.5 Å². The van der Waals surface area contributed by atoms with Gasteiger partial charge < -0.3 is 25.2 Å². The van der Waals surface area contributed by atoms with Gasteiger partial charge in [-0.25, -0.2) is 4.79 Å². The molecule has 3 saturated carbocycles. The number of rotatable bonds is 7. The maximum absolute atomic E-state index is 15.1. The maximum atomic E-state index is 15.1. The highest BCUT2D eigenvalue weighted by molar-refractivity contribution is 7.21. The highest BCUT2D eigenvalue weighted by atomic mass is 32.1. The number of aliphatic hydroxyl groups excluding tert-OH is 1. The molecule has 0 radical (unpaired) electrons. The first-order chi connectivity index (χ1) is 24.5. The van der Waals surface area contributed by atoms with Crippen LogP contribution in [0.4, 0.5) is 10.5 Å². The summed E-state index contributed by atoms with van der Waals surface area (Å²) < 4.78 is 7.12. The first kappa shape index (κ1) is 33.5. The molecule has 6 aliphatic carbocycles. The Bertz CT molecular complexity index is 1900. The van der Waals surface area contributed by atoms with Crippen molar-refractivity contribution in [3.63, 3.8) is 0 Å². The normalized spacial score (nSPS) is 39.3. The number of amides is 2. The molecule has 1 aromatic heterocycles. The lowest BCUT2D eigenvalue weighted by atomic mass is 9.32. The summed E-state index contributed by atoms with van der Waals surface area (Å²) in [6.45, 7) is 5.99. The highest BCUT2D eigenvalue weighted by Gasteiger charge is 2.74. The number of para-hydroxylation sites is 1. The smallest absolute Gasteiger partial charge is 0.322 e. The quantitative estimate of drug-likeness (QED) is 0.169. The first-order valence-corrected chi connectivity index (χ1v) is 19.9. The lowest BCUT2D eigenvalue weighted by molar-refractivity contribution is -0.175. The van der Waals surface area contributed by atoms with Gasteiger partial charge in [0.15, 0.2) is 5.78 Å². The Hall–Kier alpha value is -3.30. The minimum atomic E-state index is -1.15. The van der Waals surface area contributed by atoms with Crippen LogP contribution in [0.5, 0.6) is 0 Å². The third kappa shape index (κ3) is 4.85. The Morgan fingerprint density at radius 3 is 2.47 bits per heavy atom. The molecule has 7 aliphatic rings. The van der Waals surface area contributed by atoms with E-state index in [0.29, 0.717) is 26.0 Å². The Labute approximate surface area is 304 Å². The van der Waals surface area contributed by atoms with Crippen molar-refractivity contribution in [3.8, 4) is 0 Å². The predicted octanol–water partition coefficient (Wildman–Crippen LogP) is 8.39. The Morgan fingerprint density at radius 1 is 0.941 bits per heavy atom. The topological polar surface area (TPSA) is 99.1 Å². The molecule has 2 aromatic carbocycles. The fourth-order valence-corrected chi connectivity index (χ4v) is 13.1. The third-order valence-electron chi connectivity index (χ3n) is 14.8. The molecule has 1 saturated heterocycles. The molecule has 3 N–H and O–H groups in total. The molecule has 2 amide bonds. The lowest BCUT2D eigenvalue weighted by Crippen LogP contribution is -2.67. The number of anilines is 1. The van der Waals surface area contributed by atoms with Crippen molar-refractivity contribution in [2.24, 2.45) is 33.5 Å². The summed E-state index contributed by atoms with van der Waals surface area (Å²) in [5.74, 6) is 0.318. The van der Waals surface area contributed by atoms with Crippen molar-refractivity contribution >= 4 is 38.9 Å². The molecule has 2 heterocycles. The number of hydrogen-bond donors (Lipinski definition) is 3. The molecule has 10 rings (SSSR count). The number of hydrogen-bond acceptors (Lipinski definition) is 6. The van der Waals surface area contributed by atoms with E-state index in [1.54, 1.807) is 16.2 Å². The van der Waals surface area contributed by atoms with Crippen LogP contribution in [0.3, 0.4) is 0 Å². The molecule has 4 fully saturated rings. The van der Waals surface area contributed by atoms with E-state index in [-0.39, 0.29) is 47.1 Å². The second-order valence-corrected chi connectivity index (χ2v) is 18.2. The molecule has 51 heavy (non-hydrogen) atoms. The fraction of sp³-hybridized carbons (Fsp3) is 0.535. The van der Waals surface area contributed by atoms with E-state index in [4.69, 9.17) is 4.74 Å². The van der Waals surface area contributed by atoms with Gasteiger partial charge in [0.1, 0.15) is 0 Å². The molecule has 2 bridgehead atoms. The van der Waals surface area contributed by atoms with Gasteiger partial charge in [0.2, 0.25) is 0 Å². The SMILES string of the molecule is C[C@]12CC[C@H]3[C@]4(C=C[C@@]5(C=C4C(=O)c4cc6ccccc6s4)CC(O)CC[C@]35C)[C@@H]1CC[C@@]2(O)CN(C[C@H]1CCCO1)C(=O)Nc1ccccc1. The van der Waals surface area contributed by atoms with Crippen LogP contribution in [0.15, 0.2) is 84.5 Å². The second kappa shape index (κ2) is 11.9. The predicted molar refractivity (Wildman–Crippen MR) is 201 cm³/mol. The number of ketones is 1. The number of allylic oxidation sites excluding steroid dienone is 4. The number of nitrogens with zero attached hydrogens (tertiary/aromatic N) is 1. The average Bonchev–Trinajstić information content (AvgIpc) is 3.86. The van der Waals surface area contributed by atoms with Gasteiger partial charge in [-0.2, -0.15) is 0 Å². The van der Waals surface area contributed by atoms with Crippen molar-refractivity contribution in [3.05, 3.63) is 89.3 Å². The second-order valence-electron chi connectivity index (χ2n) is 17.1. The number of ether oxygens (including phenoxy) is 1. The molecular weight excluding hydrogens is 657 g/mol. The van der Waals surface area contributed by atoms with Crippen LogP contribution in [0.2, 0.25) is 0 Å². The fourth-order valence-electron chi connectivity index (χ4n) is 12.1. The van der Waals surface area contributed by atoms with Crippen LogP contribution < -0.4 is 5.32 Å². The molecule has 3 aromatic rings. The van der Waals surface area contributed by atoms with Crippen molar-refractivity contribution in [2.75, 3.05) is 25.0 Å². The van der Waals surface area contributed by atoms with Gasteiger partial charge in [-0.1, -0.05) is 68.5 Å². The summed E-state index contributed by atoms with van der Waals surface area (Å²) >= 11 is 1.56. The van der Waals surface area contributed by atoms with E-state index in [2.05, 4.69) is 55.6 Å². The maximum Gasteiger partial charge on any atom is 0.322 e. The van der Waals surface area contributed by atoms with Crippen molar-refractivity contribution in [1.82, 2.24) is 4.90 Å². The zero-order chi connectivity index (χ0) is 35.2. The highest BCUT2D eigenvalue weighted by Crippen LogP contribution is 2.78. The number of nitrogens with one attached hydrogen (secondary N) is 1. The van der Waals surface area contributed by atoms with Crippen molar-refractivity contribution in [1.29, 1.82) is 0 Å². The first-order valence-electron chi connectivity index (χ1n) is 19.1. The van der Waals surface area contributed by atoms with Gasteiger partial charge >= 0.3 is 6.03 Å². The summed E-state index contributed by atoms with van der Waals surface area (Å²) in [6, 6.07) is 19.5. The lowest BCUT2D eigenvalue weighted by Gasteiger charge is -2.71. The molecule has 9 atom stereocenters. The van der Waals surface area contributed by atoms with E-state index in [0.717, 1.165) is 71.2 Å². The van der Waals surface area contributed by atoms with Crippen LogP contribution in [0.1, 0.15) is 81.3 Å². The van der Waals surface area contributed by atoms with Crippen molar-refractivity contribution < 1.29 is 24.5 Å². The summed E-state index contributed by atoms with van der Waals surface area (Å²) in [7, 11) is 0. The molecule has 7 nitrogen and oxygen atoms in total. The van der Waals surface area contributed by atoms with Gasteiger partial charge in [0, 0.05) is 45.4 Å². The Kier molecular flexibility index (Phi) is 7.79. The summed E-state index contributed by atoms with van der Waals surface area (Å²) in [6.07, 6.45) is 13.8. The number of carbonyl (C=O) groups is 2. The van der Waals surface area contributed by atoms with Crippen LogP contribution >= 0.6 is 11.3 Å².